The number of rotatable bonds is 4. The molecule has 88 valence electrons. The highest BCUT2D eigenvalue weighted by atomic mass is 16.5. The van der Waals surface area contributed by atoms with Gasteiger partial charge in [0.2, 0.25) is 0 Å². The Balaban J connectivity index is 2.16. The van der Waals surface area contributed by atoms with Crippen LogP contribution in [0.5, 0.6) is 5.75 Å². The molecule has 0 bridgehead atoms. The summed E-state index contributed by atoms with van der Waals surface area (Å²) in [6, 6.07) is 9.28. The summed E-state index contributed by atoms with van der Waals surface area (Å²) in [5.74, 6) is 0.290. The van der Waals surface area contributed by atoms with E-state index in [1.807, 2.05) is 0 Å². The number of benzene rings is 1. The first-order valence-electron chi connectivity index (χ1n) is 5.83. The number of carbonyl (C=O) groups excluding carboxylic acids is 1. The minimum Gasteiger partial charge on any atom is -0.497 e. The third-order valence-corrected chi connectivity index (χ3v) is 3.37. The Morgan fingerprint density at radius 3 is 2.47 bits per heavy atom. The van der Waals surface area contributed by atoms with Crippen molar-refractivity contribution in [1.29, 1.82) is 5.26 Å². The molecule has 1 aromatic rings. The van der Waals surface area contributed by atoms with Crippen LogP contribution in [0.25, 0.3) is 0 Å². The van der Waals surface area contributed by atoms with E-state index in [4.69, 9.17) is 10.00 Å². The maximum atomic E-state index is 12.1. The molecule has 3 heteroatoms. The Bertz CT molecular complexity index is 440. The zero-order chi connectivity index (χ0) is 12.3. The SMILES string of the molecule is COc1ccc(C(C#N)C(=O)C2CCC2)cc1. The molecule has 1 unspecified atom stereocenters. The van der Waals surface area contributed by atoms with E-state index in [1.54, 1.807) is 31.4 Å². The molecular weight excluding hydrogens is 214 g/mol. The summed E-state index contributed by atoms with van der Waals surface area (Å²) in [6.45, 7) is 0. The molecule has 0 heterocycles. The van der Waals surface area contributed by atoms with E-state index in [9.17, 15) is 4.79 Å². The molecule has 1 aromatic carbocycles. The Morgan fingerprint density at radius 2 is 2.06 bits per heavy atom. The summed E-state index contributed by atoms with van der Waals surface area (Å²) in [7, 11) is 1.59. The van der Waals surface area contributed by atoms with Crippen molar-refractivity contribution in [3.05, 3.63) is 29.8 Å². The Kier molecular flexibility index (Phi) is 3.43. The fraction of sp³-hybridized carbons (Fsp3) is 0.429. The van der Waals surface area contributed by atoms with Gasteiger partial charge in [0.15, 0.2) is 5.78 Å². The van der Waals surface area contributed by atoms with Crippen molar-refractivity contribution in [2.75, 3.05) is 7.11 Å². The van der Waals surface area contributed by atoms with E-state index >= 15 is 0 Å². The van der Waals surface area contributed by atoms with Crippen LogP contribution in [0.15, 0.2) is 24.3 Å². The molecule has 3 nitrogen and oxygen atoms in total. The topological polar surface area (TPSA) is 50.1 Å². The van der Waals surface area contributed by atoms with Gasteiger partial charge in [-0.05, 0) is 30.5 Å². The molecule has 0 spiro atoms. The summed E-state index contributed by atoms with van der Waals surface area (Å²) in [5, 5.41) is 9.14. The molecule has 1 atom stereocenters. The van der Waals surface area contributed by atoms with Gasteiger partial charge in [-0.25, -0.2) is 0 Å². The van der Waals surface area contributed by atoms with Crippen LogP contribution in [0, 0.1) is 17.2 Å². The summed E-state index contributed by atoms with van der Waals surface area (Å²) in [5.41, 5.74) is 0.769. The molecule has 0 radical (unpaired) electrons. The minimum absolute atomic E-state index is 0.0731. The Hall–Kier alpha value is -1.82. The largest absolute Gasteiger partial charge is 0.497 e. The smallest absolute Gasteiger partial charge is 0.157 e. The van der Waals surface area contributed by atoms with Gasteiger partial charge in [0, 0.05) is 5.92 Å². The van der Waals surface area contributed by atoms with Crippen molar-refractivity contribution in [1.82, 2.24) is 0 Å². The van der Waals surface area contributed by atoms with Gasteiger partial charge in [0.05, 0.1) is 13.2 Å². The van der Waals surface area contributed by atoms with Crippen molar-refractivity contribution in [3.63, 3.8) is 0 Å². The number of nitriles is 1. The monoisotopic (exact) mass is 229 g/mol. The van der Waals surface area contributed by atoms with E-state index in [2.05, 4.69) is 6.07 Å². The average molecular weight is 229 g/mol. The number of methoxy groups -OCH3 is 1. The van der Waals surface area contributed by atoms with E-state index in [0.717, 1.165) is 30.6 Å². The van der Waals surface area contributed by atoms with Gasteiger partial charge in [0.1, 0.15) is 11.7 Å². The van der Waals surface area contributed by atoms with Crippen LogP contribution in [0.1, 0.15) is 30.7 Å². The number of hydrogen-bond acceptors (Lipinski definition) is 3. The van der Waals surface area contributed by atoms with Crippen molar-refractivity contribution >= 4 is 5.78 Å². The van der Waals surface area contributed by atoms with Gasteiger partial charge >= 0.3 is 0 Å². The highest BCUT2D eigenvalue weighted by Gasteiger charge is 2.32. The summed E-state index contributed by atoms with van der Waals surface area (Å²) in [4.78, 5) is 12.1. The fourth-order valence-electron chi connectivity index (χ4n) is 2.03. The molecule has 2 rings (SSSR count). The van der Waals surface area contributed by atoms with E-state index < -0.39 is 5.92 Å². The molecular formula is C14H15NO2. The standard InChI is InChI=1S/C14H15NO2/c1-17-12-7-5-10(6-8-12)13(9-15)14(16)11-3-2-4-11/h5-8,11,13H,2-4H2,1H3. The van der Waals surface area contributed by atoms with Crippen LogP contribution in [0.4, 0.5) is 0 Å². The highest BCUT2D eigenvalue weighted by molar-refractivity contribution is 5.90. The molecule has 1 aliphatic rings. The molecule has 0 saturated heterocycles. The van der Waals surface area contributed by atoms with Crippen LogP contribution in [-0.2, 0) is 4.79 Å². The zero-order valence-corrected chi connectivity index (χ0v) is 9.85. The van der Waals surface area contributed by atoms with E-state index in [-0.39, 0.29) is 11.7 Å². The molecule has 0 aliphatic heterocycles. The second-order valence-electron chi connectivity index (χ2n) is 4.37. The van der Waals surface area contributed by atoms with Crippen LogP contribution < -0.4 is 4.74 Å². The van der Waals surface area contributed by atoms with E-state index in [0.29, 0.717) is 0 Å². The van der Waals surface area contributed by atoms with Gasteiger partial charge in [-0.15, -0.1) is 0 Å². The quantitative estimate of drug-likeness (QED) is 0.797. The molecule has 0 N–H and O–H groups in total. The molecule has 0 aromatic heterocycles. The lowest BCUT2D eigenvalue weighted by atomic mass is 9.76. The first-order valence-corrected chi connectivity index (χ1v) is 5.83. The maximum Gasteiger partial charge on any atom is 0.157 e. The number of ether oxygens (including phenoxy) is 1. The third-order valence-electron chi connectivity index (χ3n) is 3.37. The first-order chi connectivity index (χ1) is 8.26. The Morgan fingerprint density at radius 1 is 1.41 bits per heavy atom. The lowest BCUT2D eigenvalue weighted by Gasteiger charge is -2.25. The predicted molar refractivity (Wildman–Crippen MR) is 63.7 cm³/mol. The summed E-state index contributed by atoms with van der Waals surface area (Å²) >= 11 is 0. The van der Waals surface area contributed by atoms with Crippen molar-refractivity contribution < 1.29 is 9.53 Å². The summed E-state index contributed by atoms with van der Waals surface area (Å²) in [6.07, 6.45) is 2.98. The first kappa shape index (κ1) is 11.7. The highest BCUT2D eigenvalue weighted by Crippen LogP contribution is 2.33. The molecule has 1 fully saturated rings. The molecule has 0 amide bonds. The lowest BCUT2D eigenvalue weighted by molar-refractivity contribution is -0.125. The number of carbonyl (C=O) groups is 1. The van der Waals surface area contributed by atoms with Gasteiger partial charge in [-0.3, -0.25) is 4.79 Å². The second-order valence-corrected chi connectivity index (χ2v) is 4.37. The number of hydrogen-bond donors (Lipinski definition) is 0. The van der Waals surface area contributed by atoms with Crippen LogP contribution in [0.2, 0.25) is 0 Å². The second kappa shape index (κ2) is 5.01. The number of Topliss-reactive ketones (excluding diaryl/α,β-unsaturated/α-hetero) is 1. The van der Waals surface area contributed by atoms with E-state index in [1.165, 1.54) is 0 Å². The summed E-state index contributed by atoms with van der Waals surface area (Å²) < 4.78 is 5.05. The Labute approximate surface area is 101 Å². The van der Waals surface area contributed by atoms with Gasteiger partial charge in [-0.1, -0.05) is 18.6 Å². The van der Waals surface area contributed by atoms with Gasteiger partial charge in [-0.2, -0.15) is 5.26 Å². The van der Waals surface area contributed by atoms with Crippen LogP contribution in [-0.4, -0.2) is 12.9 Å². The molecule has 1 saturated carbocycles. The molecule has 1 aliphatic carbocycles. The normalized spacial score (nSPS) is 16.7. The van der Waals surface area contributed by atoms with Crippen LogP contribution >= 0.6 is 0 Å². The van der Waals surface area contributed by atoms with Gasteiger partial charge < -0.3 is 4.74 Å². The number of nitrogens with zero attached hydrogens (tertiary/aromatic N) is 1. The van der Waals surface area contributed by atoms with Crippen molar-refractivity contribution in [3.8, 4) is 11.8 Å². The lowest BCUT2D eigenvalue weighted by Crippen LogP contribution is -2.26. The number of ketones is 1. The minimum atomic E-state index is -0.619. The fourth-order valence-corrected chi connectivity index (χ4v) is 2.03. The van der Waals surface area contributed by atoms with Crippen LogP contribution in [0.3, 0.4) is 0 Å². The zero-order valence-electron chi connectivity index (χ0n) is 9.85. The average Bonchev–Trinajstić information content (AvgIpc) is 2.28. The van der Waals surface area contributed by atoms with Crippen molar-refractivity contribution in [2.45, 2.75) is 25.2 Å². The van der Waals surface area contributed by atoms with Gasteiger partial charge in [0.25, 0.3) is 0 Å². The third kappa shape index (κ3) is 2.31. The maximum absolute atomic E-state index is 12.1. The predicted octanol–water partition coefficient (Wildman–Crippen LogP) is 2.67. The molecule has 17 heavy (non-hydrogen) atoms. The van der Waals surface area contributed by atoms with Crippen molar-refractivity contribution in [2.24, 2.45) is 5.92 Å².